The van der Waals surface area contributed by atoms with Gasteiger partial charge in [0.05, 0.1) is 13.2 Å². The molecule has 1 aromatic rings. The van der Waals surface area contributed by atoms with Crippen molar-refractivity contribution in [1.82, 2.24) is 4.57 Å². The zero-order valence-electron chi connectivity index (χ0n) is 8.99. The van der Waals surface area contributed by atoms with E-state index >= 15 is 0 Å². The van der Waals surface area contributed by atoms with Crippen LogP contribution in [0, 0.1) is 0 Å². The highest BCUT2D eigenvalue weighted by atomic mass is 31.2. The van der Waals surface area contributed by atoms with Crippen molar-refractivity contribution in [2.75, 3.05) is 14.2 Å². The summed E-state index contributed by atoms with van der Waals surface area (Å²) in [5.41, 5.74) is 0. The minimum atomic E-state index is -3.90. The van der Waals surface area contributed by atoms with E-state index in [4.69, 9.17) is 0 Å². The molecule has 0 saturated heterocycles. The molecule has 0 amide bonds. The lowest BCUT2D eigenvalue weighted by molar-refractivity contribution is -0.670. The van der Waals surface area contributed by atoms with Gasteiger partial charge in [0, 0.05) is 14.2 Å². The minimum absolute atomic E-state index is 1.04. The molecule has 15 heavy (non-hydrogen) atoms. The predicted octanol–water partition coefficient (Wildman–Crippen LogP) is 0.161. The number of aryl methyl sites for hydroxylation is 1. The third-order valence-corrected chi connectivity index (χ3v) is 2.34. The van der Waals surface area contributed by atoms with Crippen molar-refractivity contribution in [2.24, 2.45) is 7.05 Å². The molecule has 0 aliphatic heterocycles. The number of phosphoric ester groups is 1. The zero-order chi connectivity index (χ0) is 11.9. The average Bonchev–Trinajstić information content (AvgIpc) is 2.65. The summed E-state index contributed by atoms with van der Waals surface area (Å²) in [5.74, 6) is 0. The summed E-state index contributed by atoms with van der Waals surface area (Å²) in [6.07, 6.45) is 7.58. The summed E-state index contributed by atoms with van der Waals surface area (Å²) in [6.45, 7) is 3.59. The van der Waals surface area contributed by atoms with E-state index in [1.54, 1.807) is 6.20 Å². The van der Waals surface area contributed by atoms with E-state index in [2.05, 4.69) is 15.6 Å². The first-order valence-corrected chi connectivity index (χ1v) is 5.49. The smallest absolute Gasteiger partial charge is 0.267 e. The lowest BCUT2D eigenvalue weighted by atomic mass is 10.8. The number of imidazole rings is 1. The van der Waals surface area contributed by atoms with Crippen LogP contribution in [0.1, 0.15) is 0 Å². The maximum absolute atomic E-state index is 9.95. The number of hydrogen-bond acceptors (Lipinski definition) is 4. The van der Waals surface area contributed by atoms with Gasteiger partial charge in [-0.25, -0.2) is 9.13 Å². The normalized spacial score (nSPS) is 10.4. The van der Waals surface area contributed by atoms with Crippen molar-refractivity contribution in [3.63, 3.8) is 0 Å². The fraction of sp³-hybridized carbons (Fsp3) is 0.375. The molecular formula is C8H15N2O4P. The van der Waals surface area contributed by atoms with Gasteiger partial charge < -0.3 is 13.9 Å². The molecule has 0 aliphatic rings. The van der Waals surface area contributed by atoms with Crippen molar-refractivity contribution in [1.29, 1.82) is 0 Å². The summed E-state index contributed by atoms with van der Waals surface area (Å²) in [7, 11) is 0.146. The van der Waals surface area contributed by atoms with Crippen molar-refractivity contribution in [2.45, 2.75) is 0 Å². The predicted molar refractivity (Wildman–Crippen MR) is 53.6 cm³/mol. The number of nitrogens with zero attached hydrogens (tertiary/aromatic N) is 2. The van der Waals surface area contributed by atoms with E-state index < -0.39 is 7.82 Å². The zero-order valence-corrected chi connectivity index (χ0v) is 9.89. The van der Waals surface area contributed by atoms with Crippen molar-refractivity contribution < 1.29 is 23.1 Å². The minimum Gasteiger partial charge on any atom is -0.756 e. The van der Waals surface area contributed by atoms with Crippen molar-refractivity contribution in [3.05, 3.63) is 25.3 Å². The fourth-order valence-corrected chi connectivity index (χ4v) is 0.801. The third kappa shape index (κ3) is 6.19. The van der Waals surface area contributed by atoms with Gasteiger partial charge in [-0.15, -0.1) is 0 Å². The van der Waals surface area contributed by atoms with E-state index in [9.17, 15) is 9.46 Å². The average molecular weight is 234 g/mol. The van der Waals surface area contributed by atoms with Gasteiger partial charge in [-0.05, 0) is 0 Å². The molecule has 0 radical (unpaired) electrons. The van der Waals surface area contributed by atoms with Gasteiger partial charge in [-0.2, -0.15) is 0 Å². The molecule has 0 fully saturated rings. The molecule has 0 bridgehead atoms. The topological polar surface area (TPSA) is 67.4 Å². The second kappa shape index (κ2) is 6.53. The molecular weight excluding hydrogens is 219 g/mol. The Hall–Kier alpha value is -0.940. The molecule has 1 rings (SSSR count). The second-order valence-corrected chi connectivity index (χ2v) is 4.15. The van der Waals surface area contributed by atoms with E-state index in [1.807, 2.05) is 34.9 Å². The second-order valence-electron chi connectivity index (χ2n) is 2.52. The van der Waals surface area contributed by atoms with Crippen LogP contribution in [-0.2, 0) is 20.7 Å². The van der Waals surface area contributed by atoms with Crippen LogP contribution >= 0.6 is 7.82 Å². The number of hydrogen-bond donors (Lipinski definition) is 0. The first-order chi connectivity index (χ1) is 6.95. The Morgan fingerprint density at radius 1 is 1.53 bits per heavy atom. The van der Waals surface area contributed by atoms with Crippen LogP contribution in [0.3, 0.4) is 0 Å². The molecule has 0 aliphatic carbocycles. The highest BCUT2D eigenvalue weighted by molar-refractivity contribution is 7.45. The Morgan fingerprint density at radius 2 is 2.07 bits per heavy atom. The lowest BCUT2D eigenvalue weighted by Crippen LogP contribution is -2.23. The van der Waals surface area contributed by atoms with Crippen LogP contribution in [0.4, 0.5) is 0 Å². The third-order valence-electron chi connectivity index (χ3n) is 1.45. The SMILES string of the molecule is C=Cn1cc[n+](C)c1.COP(=O)([O-])OC. The molecule has 86 valence electrons. The van der Waals surface area contributed by atoms with Gasteiger partial charge >= 0.3 is 0 Å². The molecule has 1 heterocycles. The van der Waals surface area contributed by atoms with Gasteiger partial charge in [0.25, 0.3) is 7.82 Å². The Labute approximate surface area is 89.0 Å². The van der Waals surface area contributed by atoms with Gasteiger partial charge in [-0.1, -0.05) is 6.58 Å². The molecule has 0 spiro atoms. The summed E-state index contributed by atoms with van der Waals surface area (Å²) in [4.78, 5) is 9.95. The quantitative estimate of drug-likeness (QED) is 0.552. The standard InChI is InChI=1S/C6H9N2.C2H7O4P/c1-3-8-5-4-7(2)6-8;1-5-7(3,4)6-2/h3-6H,1H2,2H3;1-2H3,(H,3,4)/q+1;/p-1. The maximum atomic E-state index is 9.95. The molecule has 7 heteroatoms. The highest BCUT2D eigenvalue weighted by Crippen LogP contribution is 2.34. The Balaban J connectivity index is 0.000000265. The molecule has 0 unspecified atom stereocenters. The van der Waals surface area contributed by atoms with Crippen LogP contribution in [0.25, 0.3) is 6.20 Å². The largest absolute Gasteiger partial charge is 0.756 e. The van der Waals surface area contributed by atoms with Gasteiger partial charge in [0.2, 0.25) is 6.33 Å². The summed E-state index contributed by atoms with van der Waals surface area (Å²) in [6, 6.07) is 0. The first-order valence-electron chi connectivity index (χ1n) is 4.03. The van der Waals surface area contributed by atoms with Crippen LogP contribution in [0.15, 0.2) is 25.3 Å². The highest BCUT2D eigenvalue weighted by Gasteiger charge is 1.98. The molecule has 6 nitrogen and oxygen atoms in total. The molecule has 0 saturated carbocycles. The van der Waals surface area contributed by atoms with Crippen LogP contribution in [-0.4, -0.2) is 18.8 Å². The number of phosphoric acid groups is 1. The van der Waals surface area contributed by atoms with E-state index in [1.165, 1.54) is 0 Å². The van der Waals surface area contributed by atoms with E-state index in [-0.39, 0.29) is 0 Å². The monoisotopic (exact) mass is 234 g/mol. The van der Waals surface area contributed by atoms with E-state index in [0.717, 1.165) is 14.2 Å². The Kier molecular flexibility index (Phi) is 6.12. The Morgan fingerprint density at radius 3 is 2.20 bits per heavy atom. The Bertz CT molecular complexity index is 342. The first kappa shape index (κ1) is 14.1. The van der Waals surface area contributed by atoms with Gasteiger partial charge in [0.1, 0.15) is 12.4 Å². The van der Waals surface area contributed by atoms with Crippen LogP contribution < -0.4 is 9.46 Å². The molecule has 0 atom stereocenters. The van der Waals surface area contributed by atoms with Crippen LogP contribution in [0.5, 0.6) is 0 Å². The summed E-state index contributed by atoms with van der Waals surface area (Å²) < 4.78 is 21.5. The van der Waals surface area contributed by atoms with E-state index in [0.29, 0.717) is 0 Å². The summed E-state index contributed by atoms with van der Waals surface area (Å²) >= 11 is 0. The fourth-order valence-electron chi connectivity index (χ4n) is 0.652. The maximum Gasteiger partial charge on any atom is 0.267 e. The molecule has 0 aromatic carbocycles. The number of aromatic nitrogens is 2. The number of rotatable bonds is 3. The lowest BCUT2D eigenvalue weighted by Gasteiger charge is -2.16. The summed E-state index contributed by atoms with van der Waals surface area (Å²) in [5, 5.41) is 0. The van der Waals surface area contributed by atoms with Crippen molar-refractivity contribution in [3.8, 4) is 0 Å². The molecule has 1 aromatic heterocycles. The van der Waals surface area contributed by atoms with Gasteiger partial charge in [-0.3, -0.25) is 4.57 Å². The van der Waals surface area contributed by atoms with Crippen LogP contribution in [0.2, 0.25) is 0 Å². The van der Waals surface area contributed by atoms with Gasteiger partial charge in [0.15, 0.2) is 0 Å². The van der Waals surface area contributed by atoms with Crippen molar-refractivity contribution >= 4 is 14.0 Å². The molecule has 0 N–H and O–H groups in total.